The van der Waals surface area contributed by atoms with Crippen LogP contribution in [-0.4, -0.2) is 56.1 Å². The van der Waals surface area contributed by atoms with Crippen LogP contribution in [-0.2, 0) is 14.8 Å². The second-order valence-electron chi connectivity index (χ2n) is 8.59. The molecule has 0 atom stereocenters. The number of carbonyl (C=O) groups excluding carboxylic acids is 1. The number of hydrogen-bond acceptors (Lipinski definition) is 4. The molecule has 2 aliphatic rings. The van der Waals surface area contributed by atoms with Gasteiger partial charge in [0.2, 0.25) is 5.91 Å². The van der Waals surface area contributed by atoms with Crippen LogP contribution in [0.25, 0.3) is 4.91 Å². The topological polar surface area (TPSA) is 70.1 Å². The van der Waals surface area contributed by atoms with Gasteiger partial charge in [0.15, 0.2) is 0 Å². The fourth-order valence-electron chi connectivity index (χ4n) is 3.69. The number of benzene rings is 1. The predicted molar refractivity (Wildman–Crippen MR) is 112 cm³/mol. The SMILES string of the molecule is CC1=C(c2ccc(C)cc2)S(=O)(=O)N=C1N1CCCN(C(=O)C(C)(C)C)CC1. The molecule has 0 bridgehead atoms. The second kappa shape index (κ2) is 7.35. The molecule has 2 aliphatic heterocycles. The molecule has 152 valence electrons. The molecule has 0 radical (unpaired) electrons. The lowest BCUT2D eigenvalue weighted by atomic mass is 9.94. The summed E-state index contributed by atoms with van der Waals surface area (Å²) in [4.78, 5) is 16.8. The second-order valence-corrected chi connectivity index (χ2v) is 10.1. The quantitative estimate of drug-likeness (QED) is 0.723. The Balaban J connectivity index is 1.86. The monoisotopic (exact) mass is 403 g/mol. The number of amidine groups is 1. The molecule has 1 fully saturated rings. The molecule has 0 spiro atoms. The molecule has 3 rings (SSSR count). The van der Waals surface area contributed by atoms with Crippen molar-refractivity contribution in [1.29, 1.82) is 0 Å². The number of rotatable bonds is 1. The third-order valence-electron chi connectivity index (χ3n) is 5.18. The van der Waals surface area contributed by atoms with Crippen molar-refractivity contribution < 1.29 is 13.2 Å². The first-order chi connectivity index (χ1) is 13.0. The van der Waals surface area contributed by atoms with E-state index >= 15 is 0 Å². The van der Waals surface area contributed by atoms with E-state index in [1.807, 2.05) is 68.7 Å². The summed E-state index contributed by atoms with van der Waals surface area (Å²) >= 11 is 0. The fraction of sp³-hybridized carbons (Fsp3) is 0.524. The number of hydrogen-bond donors (Lipinski definition) is 0. The molecule has 0 aliphatic carbocycles. The van der Waals surface area contributed by atoms with Crippen LogP contribution in [0, 0.1) is 12.3 Å². The summed E-state index contributed by atoms with van der Waals surface area (Å²) in [6.07, 6.45) is 0.786. The van der Waals surface area contributed by atoms with Crippen LogP contribution in [0.3, 0.4) is 0 Å². The lowest BCUT2D eigenvalue weighted by Crippen LogP contribution is -2.42. The lowest BCUT2D eigenvalue weighted by Gasteiger charge is -2.28. The zero-order valence-corrected chi connectivity index (χ0v) is 18.1. The van der Waals surface area contributed by atoms with E-state index in [0.717, 1.165) is 12.0 Å². The number of carbonyl (C=O) groups is 1. The van der Waals surface area contributed by atoms with Gasteiger partial charge in [0.1, 0.15) is 10.7 Å². The molecule has 1 saturated heterocycles. The van der Waals surface area contributed by atoms with Crippen molar-refractivity contribution in [2.24, 2.45) is 9.81 Å². The first kappa shape index (κ1) is 20.6. The van der Waals surface area contributed by atoms with Gasteiger partial charge in [-0.05, 0) is 25.8 Å². The van der Waals surface area contributed by atoms with E-state index in [9.17, 15) is 13.2 Å². The Labute approximate surface area is 168 Å². The van der Waals surface area contributed by atoms with E-state index in [-0.39, 0.29) is 10.8 Å². The highest BCUT2D eigenvalue weighted by Crippen LogP contribution is 2.34. The third-order valence-corrected chi connectivity index (χ3v) is 6.65. The smallest absolute Gasteiger partial charge is 0.285 e. The highest BCUT2D eigenvalue weighted by atomic mass is 32.2. The maximum atomic E-state index is 12.8. The zero-order chi connectivity index (χ0) is 20.7. The fourth-order valence-corrected chi connectivity index (χ4v) is 5.18. The average molecular weight is 404 g/mol. The number of aryl methyl sites for hydroxylation is 1. The largest absolute Gasteiger partial charge is 0.354 e. The van der Waals surface area contributed by atoms with E-state index < -0.39 is 15.4 Å². The van der Waals surface area contributed by atoms with Crippen LogP contribution in [0.15, 0.2) is 34.2 Å². The summed E-state index contributed by atoms with van der Waals surface area (Å²) in [5.74, 6) is 0.642. The van der Waals surface area contributed by atoms with E-state index in [1.165, 1.54) is 0 Å². The highest BCUT2D eigenvalue weighted by Gasteiger charge is 2.35. The van der Waals surface area contributed by atoms with Crippen molar-refractivity contribution in [2.75, 3.05) is 26.2 Å². The van der Waals surface area contributed by atoms with Gasteiger partial charge in [-0.2, -0.15) is 8.42 Å². The normalized spacial score (nSPS) is 20.2. The third kappa shape index (κ3) is 3.99. The molecule has 1 aromatic carbocycles. The Hall–Kier alpha value is -2.15. The molecular formula is C21H29N3O3S. The van der Waals surface area contributed by atoms with E-state index in [1.54, 1.807) is 0 Å². The van der Waals surface area contributed by atoms with Gasteiger partial charge in [0, 0.05) is 37.2 Å². The van der Waals surface area contributed by atoms with Crippen LogP contribution in [0.2, 0.25) is 0 Å². The van der Waals surface area contributed by atoms with Gasteiger partial charge in [-0.3, -0.25) is 4.79 Å². The summed E-state index contributed by atoms with van der Waals surface area (Å²) in [6, 6.07) is 7.47. The molecule has 0 saturated carbocycles. The molecule has 2 heterocycles. The van der Waals surface area contributed by atoms with Gasteiger partial charge in [-0.25, -0.2) is 0 Å². The number of amides is 1. The summed E-state index contributed by atoms with van der Waals surface area (Å²) in [5, 5.41) is 0. The highest BCUT2D eigenvalue weighted by molar-refractivity contribution is 8.00. The molecule has 1 amide bonds. The molecule has 28 heavy (non-hydrogen) atoms. The van der Waals surface area contributed by atoms with E-state index in [2.05, 4.69) is 4.40 Å². The van der Waals surface area contributed by atoms with Gasteiger partial charge >= 0.3 is 0 Å². The molecule has 7 heteroatoms. The summed E-state index contributed by atoms with van der Waals surface area (Å²) in [5.41, 5.74) is 2.01. The van der Waals surface area contributed by atoms with Gasteiger partial charge in [0.25, 0.3) is 10.0 Å². The van der Waals surface area contributed by atoms with Gasteiger partial charge in [-0.15, -0.1) is 4.40 Å². The molecule has 6 nitrogen and oxygen atoms in total. The molecule has 0 aromatic heterocycles. The minimum absolute atomic E-state index is 0.128. The minimum atomic E-state index is -3.72. The number of nitrogens with zero attached hydrogens (tertiary/aromatic N) is 3. The van der Waals surface area contributed by atoms with Crippen molar-refractivity contribution in [3.8, 4) is 0 Å². The minimum Gasteiger partial charge on any atom is -0.354 e. The van der Waals surface area contributed by atoms with Crippen molar-refractivity contribution in [3.05, 3.63) is 41.0 Å². The van der Waals surface area contributed by atoms with Crippen molar-refractivity contribution in [1.82, 2.24) is 9.80 Å². The maximum absolute atomic E-state index is 12.8. The maximum Gasteiger partial charge on any atom is 0.285 e. The van der Waals surface area contributed by atoms with Crippen LogP contribution >= 0.6 is 0 Å². The number of sulfonamides is 1. The predicted octanol–water partition coefficient (Wildman–Crippen LogP) is 3.05. The summed E-state index contributed by atoms with van der Waals surface area (Å²) in [6.45, 7) is 12.1. The summed E-state index contributed by atoms with van der Waals surface area (Å²) < 4.78 is 29.6. The molecule has 1 aromatic rings. The molecule has 0 N–H and O–H groups in total. The Morgan fingerprint density at radius 2 is 1.64 bits per heavy atom. The standard InChI is InChI=1S/C21H29N3O3S/c1-15-7-9-17(10-8-15)18-16(2)19(22-28(18,26)27)23-11-6-12-24(14-13-23)20(25)21(3,4)5/h7-10H,6,11-14H2,1-5H3. The van der Waals surface area contributed by atoms with Crippen molar-refractivity contribution >= 4 is 26.7 Å². The van der Waals surface area contributed by atoms with Crippen LogP contribution < -0.4 is 0 Å². The zero-order valence-electron chi connectivity index (χ0n) is 17.3. The lowest BCUT2D eigenvalue weighted by molar-refractivity contribution is -0.139. The van der Waals surface area contributed by atoms with Gasteiger partial charge in [-0.1, -0.05) is 50.6 Å². The average Bonchev–Trinajstić information content (AvgIpc) is 2.77. The Kier molecular flexibility index (Phi) is 5.40. The van der Waals surface area contributed by atoms with E-state index in [4.69, 9.17) is 0 Å². The van der Waals surface area contributed by atoms with Crippen LogP contribution in [0.5, 0.6) is 0 Å². The van der Waals surface area contributed by atoms with Crippen molar-refractivity contribution in [2.45, 2.75) is 41.0 Å². The first-order valence-corrected chi connectivity index (χ1v) is 11.1. The van der Waals surface area contributed by atoms with Gasteiger partial charge in [0.05, 0.1) is 0 Å². The Bertz CT molecular complexity index is 938. The van der Waals surface area contributed by atoms with E-state index in [0.29, 0.717) is 43.2 Å². The van der Waals surface area contributed by atoms with Gasteiger partial charge < -0.3 is 9.80 Å². The van der Waals surface area contributed by atoms with Crippen LogP contribution in [0.1, 0.15) is 45.2 Å². The molecular weight excluding hydrogens is 374 g/mol. The van der Waals surface area contributed by atoms with Crippen LogP contribution in [0.4, 0.5) is 0 Å². The summed E-state index contributed by atoms with van der Waals surface area (Å²) in [7, 11) is -3.72. The first-order valence-electron chi connectivity index (χ1n) is 9.68. The molecule has 0 unspecified atom stereocenters. The Morgan fingerprint density at radius 1 is 1.00 bits per heavy atom. The van der Waals surface area contributed by atoms with Crippen molar-refractivity contribution in [3.63, 3.8) is 0 Å². The Morgan fingerprint density at radius 3 is 2.25 bits per heavy atom.